The topological polar surface area (TPSA) is 92.7 Å². The third-order valence-corrected chi connectivity index (χ3v) is 3.01. The molecule has 1 aromatic rings. The van der Waals surface area contributed by atoms with Crippen molar-refractivity contribution >= 4 is 23.9 Å². The van der Waals surface area contributed by atoms with E-state index in [1.165, 1.54) is 18.2 Å². The maximum atomic E-state index is 11.9. The van der Waals surface area contributed by atoms with Crippen LogP contribution >= 0.6 is 0 Å². The Labute approximate surface area is 108 Å². The minimum absolute atomic E-state index is 0.109. The number of hydrogen-bond acceptors (Lipinski definition) is 5. The van der Waals surface area contributed by atoms with Crippen LogP contribution in [0.15, 0.2) is 30.4 Å². The molecule has 6 heteroatoms. The van der Waals surface area contributed by atoms with E-state index in [1.54, 1.807) is 0 Å². The lowest BCUT2D eigenvalue weighted by Gasteiger charge is -2.21. The molecule has 2 N–H and O–H groups in total. The first-order chi connectivity index (χ1) is 8.94. The molecule has 6 nitrogen and oxygen atoms in total. The van der Waals surface area contributed by atoms with Crippen molar-refractivity contribution in [1.82, 2.24) is 0 Å². The van der Waals surface area contributed by atoms with Crippen molar-refractivity contribution in [1.29, 1.82) is 0 Å². The summed E-state index contributed by atoms with van der Waals surface area (Å²) in [6, 6.07) is 4.28. The lowest BCUT2D eigenvalue weighted by atomic mass is 9.87. The van der Waals surface area contributed by atoms with Gasteiger partial charge in [-0.05, 0) is 18.2 Å². The number of nitrogens with one attached hydrogen (secondary N) is 1. The number of aliphatic hydroxyl groups is 1. The van der Waals surface area contributed by atoms with Gasteiger partial charge in [0.25, 0.3) is 5.91 Å². The van der Waals surface area contributed by atoms with Crippen LogP contribution in [0.3, 0.4) is 0 Å². The van der Waals surface area contributed by atoms with Crippen molar-refractivity contribution < 1.29 is 24.2 Å². The van der Waals surface area contributed by atoms with Crippen LogP contribution in [0.4, 0.5) is 5.69 Å². The molecule has 1 aliphatic heterocycles. The average molecular weight is 261 g/mol. The van der Waals surface area contributed by atoms with Gasteiger partial charge in [0, 0.05) is 16.8 Å². The summed E-state index contributed by atoms with van der Waals surface area (Å²) in [4.78, 5) is 34.1. The van der Waals surface area contributed by atoms with E-state index < -0.39 is 23.1 Å². The van der Waals surface area contributed by atoms with Crippen molar-refractivity contribution in [2.24, 2.45) is 0 Å². The summed E-state index contributed by atoms with van der Waals surface area (Å²) in [7, 11) is 1.12. The molecule has 0 fully saturated rings. The molecule has 1 aliphatic rings. The third-order valence-electron chi connectivity index (χ3n) is 3.01. The van der Waals surface area contributed by atoms with Gasteiger partial charge >= 0.3 is 5.97 Å². The summed E-state index contributed by atoms with van der Waals surface area (Å²) in [6.07, 6.45) is 0.574. The molecule has 0 radical (unpaired) electrons. The fourth-order valence-corrected chi connectivity index (χ4v) is 1.95. The summed E-state index contributed by atoms with van der Waals surface area (Å²) < 4.78 is 4.46. The average Bonchev–Trinajstić information content (AvgIpc) is 2.69. The zero-order valence-electron chi connectivity index (χ0n) is 10.1. The van der Waals surface area contributed by atoms with Gasteiger partial charge in [0.15, 0.2) is 0 Å². The van der Waals surface area contributed by atoms with E-state index in [2.05, 4.69) is 16.6 Å². The molecule has 0 bridgehead atoms. The van der Waals surface area contributed by atoms with E-state index in [4.69, 9.17) is 0 Å². The lowest BCUT2D eigenvalue weighted by Crippen LogP contribution is -2.39. The molecule has 98 valence electrons. The highest BCUT2D eigenvalue weighted by molar-refractivity contribution is 6.12. The minimum Gasteiger partial charge on any atom is -0.466 e. The number of anilines is 1. The molecule has 1 heterocycles. The molecule has 0 saturated heterocycles. The minimum atomic E-state index is -2.22. The van der Waals surface area contributed by atoms with E-state index in [0.717, 1.165) is 7.11 Å². The molecule has 2 rings (SSSR count). The molecule has 0 saturated carbocycles. The standard InChI is InChI=1S/C13H11NO5/c1-7(11(16)19-2)13(18)9-5-8(6-15)3-4-10(9)14-12(13)17/h3-6,18H,1H2,2H3,(H,14,17). The first kappa shape index (κ1) is 13.0. The summed E-state index contributed by atoms with van der Waals surface area (Å²) >= 11 is 0. The zero-order chi connectivity index (χ0) is 14.2. The number of benzene rings is 1. The van der Waals surface area contributed by atoms with Crippen molar-refractivity contribution in [2.45, 2.75) is 5.60 Å². The fraction of sp³-hybridized carbons (Fsp3) is 0.154. The molecule has 0 spiro atoms. The zero-order valence-corrected chi connectivity index (χ0v) is 10.1. The normalized spacial score (nSPS) is 20.4. The summed E-state index contributed by atoms with van der Waals surface area (Å²) in [5, 5.41) is 12.9. The highest BCUT2D eigenvalue weighted by Gasteiger charge is 2.50. The number of ether oxygens (including phenoxy) is 1. The van der Waals surface area contributed by atoms with Gasteiger partial charge in [-0.3, -0.25) is 9.59 Å². The van der Waals surface area contributed by atoms with E-state index in [-0.39, 0.29) is 11.1 Å². The van der Waals surface area contributed by atoms with Crippen LogP contribution in [0.5, 0.6) is 0 Å². The Morgan fingerprint density at radius 1 is 1.53 bits per heavy atom. The van der Waals surface area contributed by atoms with Crippen molar-refractivity contribution in [3.63, 3.8) is 0 Å². The van der Waals surface area contributed by atoms with Crippen LogP contribution in [-0.2, 0) is 19.9 Å². The van der Waals surface area contributed by atoms with Crippen molar-refractivity contribution in [3.05, 3.63) is 41.5 Å². The second-order valence-corrected chi connectivity index (χ2v) is 4.06. The largest absolute Gasteiger partial charge is 0.466 e. The van der Waals surface area contributed by atoms with Crippen LogP contribution in [0, 0.1) is 0 Å². The molecular weight excluding hydrogens is 250 g/mol. The number of aldehydes is 1. The molecule has 0 aromatic heterocycles. The van der Waals surface area contributed by atoms with Gasteiger partial charge in [0.1, 0.15) is 6.29 Å². The smallest absolute Gasteiger partial charge is 0.336 e. The van der Waals surface area contributed by atoms with Crippen LogP contribution in [0.2, 0.25) is 0 Å². The number of carbonyl (C=O) groups excluding carboxylic acids is 3. The molecule has 1 atom stereocenters. The number of hydrogen-bond donors (Lipinski definition) is 2. The van der Waals surface area contributed by atoms with Gasteiger partial charge in [-0.15, -0.1) is 0 Å². The van der Waals surface area contributed by atoms with Crippen molar-refractivity contribution in [3.8, 4) is 0 Å². The van der Waals surface area contributed by atoms with Crippen LogP contribution in [0.1, 0.15) is 15.9 Å². The maximum Gasteiger partial charge on any atom is 0.336 e. The molecular formula is C13H11NO5. The predicted octanol–water partition coefficient (Wildman–Crippen LogP) is 0.368. The highest BCUT2D eigenvalue weighted by Crippen LogP contribution is 2.41. The van der Waals surface area contributed by atoms with Gasteiger partial charge in [0.2, 0.25) is 5.60 Å². The Morgan fingerprint density at radius 3 is 2.79 bits per heavy atom. The third kappa shape index (κ3) is 1.73. The predicted molar refractivity (Wildman–Crippen MR) is 65.5 cm³/mol. The van der Waals surface area contributed by atoms with E-state index >= 15 is 0 Å². The van der Waals surface area contributed by atoms with Gasteiger partial charge < -0.3 is 15.2 Å². The van der Waals surface area contributed by atoms with Crippen LogP contribution < -0.4 is 5.32 Å². The molecule has 19 heavy (non-hydrogen) atoms. The first-order valence-electron chi connectivity index (χ1n) is 5.36. The number of esters is 1. The quantitative estimate of drug-likeness (QED) is 0.466. The maximum absolute atomic E-state index is 11.9. The number of carbonyl (C=O) groups is 3. The molecule has 1 aromatic carbocycles. The van der Waals surface area contributed by atoms with Gasteiger partial charge in [-0.25, -0.2) is 4.79 Å². The monoisotopic (exact) mass is 261 g/mol. The Hall–Kier alpha value is -2.47. The highest BCUT2D eigenvalue weighted by atomic mass is 16.5. The van der Waals surface area contributed by atoms with Crippen molar-refractivity contribution in [2.75, 3.05) is 12.4 Å². The Morgan fingerprint density at radius 2 is 2.21 bits per heavy atom. The number of methoxy groups -OCH3 is 1. The van der Waals surface area contributed by atoms with Gasteiger partial charge in [-0.2, -0.15) is 0 Å². The SMILES string of the molecule is C=C(C(=O)OC)C1(O)C(=O)Nc2ccc(C=O)cc21. The summed E-state index contributed by atoms with van der Waals surface area (Å²) in [5.74, 6) is -1.71. The van der Waals surface area contributed by atoms with Gasteiger partial charge in [0.05, 0.1) is 12.7 Å². The van der Waals surface area contributed by atoms with E-state index in [9.17, 15) is 19.5 Å². The van der Waals surface area contributed by atoms with Crippen LogP contribution in [0.25, 0.3) is 0 Å². The number of rotatable bonds is 3. The first-order valence-corrected chi connectivity index (χ1v) is 5.36. The molecule has 0 aliphatic carbocycles. The molecule has 1 unspecified atom stereocenters. The second kappa shape index (κ2) is 4.33. The Kier molecular flexibility index (Phi) is 2.95. The summed E-state index contributed by atoms with van der Waals surface area (Å²) in [5.41, 5.74) is -1.93. The fourth-order valence-electron chi connectivity index (χ4n) is 1.95. The lowest BCUT2D eigenvalue weighted by molar-refractivity contribution is -0.143. The van der Waals surface area contributed by atoms with Gasteiger partial charge in [-0.1, -0.05) is 6.58 Å². The molecule has 1 amide bonds. The Bertz CT molecular complexity index is 607. The van der Waals surface area contributed by atoms with E-state index in [1.807, 2.05) is 0 Å². The van der Waals surface area contributed by atoms with E-state index in [0.29, 0.717) is 12.0 Å². The number of amides is 1. The number of fused-ring (bicyclic) bond motifs is 1. The van der Waals surface area contributed by atoms with Crippen LogP contribution in [-0.4, -0.2) is 30.4 Å². The summed E-state index contributed by atoms with van der Waals surface area (Å²) in [6.45, 7) is 3.41. The second-order valence-electron chi connectivity index (χ2n) is 4.06. The Balaban J connectivity index is 2.60.